The van der Waals surface area contributed by atoms with Gasteiger partial charge in [-0.25, -0.2) is 0 Å². The number of aliphatic hydroxyl groups excluding tert-OH is 1. The zero-order chi connectivity index (χ0) is 8.65. The molecule has 0 unspecified atom stereocenters. The van der Waals surface area contributed by atoms with Crippen LogP contribution in [-0.2, 0) is 4.74 Å². The molecular formula is C10H20O2. The highest BCUT2D eigenvalue weighted by molar-refractivity contribution is 4.64. The number of ether oxygens (including phenoxy) is 1. The van der Waals surface area contributed by atoms with E-state index in [1.165, 1.54) is 32.1 Å². The Labute approximate surface area is 74.9 Å². The van der Waals surface area contributed by atoms with E-state index in [0.29, 0.717) is 0 Å². The molecule has 1 N–H and O–H groups in total. The summed E-state index contributed by atoms with van der Waals surface area (Å²) in [5.41, 5.74) is 0. The summed E-state index contributed by atoms with van der Waals surface area (Å²) in [4.78, 5) is 0. The fourth-order valence-electron chi connectivity index (χ4n) is 1.77. The molecule has 1 aliphatic carbocycles. The minimum absolute atomic E-state index is 0.255. The van der Waals surface area contributed by atoms with E-state index in [4.69, 9.17) is 9.84 Å². The van der Waals surface area contributed by atoms with Gasteiger partial charge in [-0.05, 0) is 25.2 Å². The number of hydrogen-bond acceptors (Lipinski definition) is 2. The van der Waals surface area contributed by atoms with Gasteiger partial charge >= 0.3 is 0 Å². The molecule has 0 aromatic rings. The molecule has 12 heavy (non-hydrogen) atoms. The highest BCUT2D eigenvalue weighted by Crippen LogP contribution is 2.23. The molecule has 1 fully saturated rings. The number of hydrogen-bond donors (Lipinski definition) is 1. The molecule has 1 aliphatic rings. The summed E-state index contributed by atoms with van der Waals surface area (Å²) in [7, 11) is 0. The fourth-order valence-corrected chi connectivity index (χ4v) is 1.77. The molecule has 0 aromatic heterocycles. The van der Waals surface area contributed by atoms with Gasteiger partial charge in [0.25, 0.3) is 0 Å². The highest BCUT2D eigenvalue weighted by atomic mass is 16.5. The lowest BCUT2D eigenvalue weighted by Gasteiger charge is -2.21. The summed E-state index contributed by atoms with van der Waals surface area (Å²) in [6, 6.07) is 0. The van der Waals surface area contributed by atoms with E-state index in [1.54, 1.807) is 0 Å². The standard InChI is InChI=1S/C10H20O2/c11-7-4-8-12-9-10-5-2-1-3-6-10/h10-11H,1-9H2. The largest absolute Gasteiger partial charge is 0.396 e. The van der Waals surface area contributed by atoms with E-state index < -0.39 is 0 Å². The Hall–Kier alpha value is -0.0800. The van der Waals surface area contributed by atoms with E-state index in [2.05, 4.69) is 0 Å². The number of rotatable bonds is 5. The molecule has 0 amide bonds. The first-order chi connectivity index (χ1) is 5.93. The van der Waals surface area contributed by atoms with Crippen LogP contribution in [0.2, 0.25) is 0 Å². The fraction of sp³-hybridized carbons (Fsp3) is 1.00. The second kappa shape index (κ2) is 6.44. The zero-order valence-corrected chi connectivity index (χ0v) is 7.80. The summed E-state index contributed by atoms with van der Waals surface area (Å²) in [5.74, 6) is 0.803. The van der Waals surface area contributed by atoms with E-state index in [9.17, 15) is 0 Å². The van der Waals surface area contributed by atoms with Gasteiger partial charge in [0.15, 0.2) is 0 Å². The van der Waals surface area contributed by atoms with E-state index in [1.807, 2.05) is 0 Å². The van der Waals surface area contributed by atoms with Crippen molar-refractivity contribution in [1.82, 2.24) is 0 Å². The van der Waals surface area contributed by atoms with Crippen molar-refractivity contribution in [2.75, 3.05) is 19.8 Å². The van der Waals surface area contributed by atoms with Crippen molar-refractivity contribution in [2.24, 2.45) is 5.92 Å². The molecule has 0 spiro atoms. The van der Waals surface area contributed by atoms with Crippen LogP contribution < -0.4 is 0 Å². The highest BCUT2D eigenvalue weighted by Gasteiger charge is 2.12. The maximum Gasteiger partial charge on any atom is 0.0494 e. The maximum atomic E-state index is 8.52. The molecule has 0 atom stereocenters. The van der Waals surface area contributed by atoms with Crippen LogP contribution in [0.1, 0.15) is 38.5 Å². The molecular weight excluding hydrogens is 152 g/mol. The molecule has 2 nitrogen and oxygen atoms in total. The summed E-state index contributed by atoms with van der Waals surface area (Å²) in [6.07, 6.45) is 7.65. The molecule has 0 aromatic carbocycles. The Bertz CT molecular complexity index is 98.0. The minimum atomic E-state index is 0.255. The van der Waals surface area contributed by atoms with Crippen LogP contribution >= 0.6 is 0 Å². The van der Waals surface area contributed by atoms with Crippen LogP contribution in [0.15, 0.2) is 0 Å². The van der Waals surface area contributed by atoms with E-state index >= 15 is 0 Å². The van der Waals surface area contributed by atoms with Gasteiger partial charge in [0.1, 0.15) is 0 Å². The van der Waals surface area contributed by atoms with Gasteiger partial charge in [-0.15, -0.1) is 0 Å². The van der Waals surface area contributed by atoms with Crippen LogP contribution in [0.4, 0.5) is 0 Å². The second-order valence-electron chi connectivity index (χ2n) is 3.66. The second-order valence-corrected chi connectivity index (χ2v) is 3.66. The van der Waals surface area contributed by atoms with Crippen LogP contribution in [0.3, 0.4) is 0 Å². The van der Waals surface area contributed by atoms with Crippen molar-refractivity contribution < 1.29 is 9.84 Å². The normalized spacial score (nSPS) is 19.8. The van der Waals surface area contributed by atoms with Crippen molar-refractivity contribution in [1.29, 1.82) is 0 Å². The first-order valence-electron chi connectivity index (χ1n) is 5.12. The Kier molecular flexibility index (Phi) is 5.37. The lowest BCUT2D eigenvalue weighted by Crippen LogP contribution is -2.14. The molecule has 1 saturated carbocycles. The van der Waals surface area contributed by atoms with Crippen LogP contribution in [0.25, 0.3) is 0 Å². The van der Waals surface area contributed by atoms with Gasteiger partial charge in [0.05, 0.1) is 0 Å². The Balaban J connectivity index is 1.91. The summed E-state index contributed by atoms with van der Waals surface area (Å²) in [6.45, 7) is 1.90. The molecule has 0 saturated heterocycles. The molecule has 0 bridgehead atoms. The quantitative estimate of drug-likeness (QED) is 0.642. The monoisotopic (exact) mass is 172 g/mol. The van der Waals surface area contributed by atoms with Gasteiger partial charge in [-0.3, -0.25) is 0 Å². The zero-order valence-electron chi connectivity index (χ0n) is 7.80. The van der Waals surface area contributed by atoms with E-state index in [-0.39, 0.29) is 6.61 Å². The number of aliphatic hydroxyl groups is 1. The molecule has 0 heterocycles. The summed E-state index contributed by atoms with van der Waals surface area (Å²) >= 11 is 0. The topological polar surface area (TPSA) is 29.5 Å². The Morgan fingerprint density at radius 2 is 1.92 bits per heavy atom. The smallest absolute Gasteiger partial charge is 0.0494 e. The van der Waals surface area contributed by atoms with Crippen molar-refractivity contribution in [3.05, 3.63) is 0 Å². The van der Waals surface area contributed by atoms with Crippen molar-refractivity contribution in [2.45, 2.75) is 38.5 Å². The summed E-state index contributed by atoms with van der Waals surface area (Å²) < 4.78 is 5.45. The minimum Gasteiger partial charge on any atom is -0.396 e. The third-order valence-corrected chi connectivity index (χ3v) is 2.53. The third kappa shape index (κ3) is 4.07. The first-order valence-corrected chi connectivity index (χ1v) is 5.12. The van der Waals surface area contributed by atoms with Crippen molar-refractivity contribution in [3.8, 4) is 0 Å². The van der Waals surface area contributed by atoms with Gasteiger partial charge in [0, 0.05) is 19.8 Å². The molecule has 0 radical (unpaired) electrons. The predicted octanol–water partition coefficient (Wildman–Crippen LogP) is 1.97. The maximum absolute atomic E-state index is 8.52. The van der Waals surface area contributed by atoms with Gasteiger partial charge < -0.3 is 9.84 Å². The van der Waals surface area contributed by atoms with Crippen LogP contribution in [-0.4, -0.2) is 24.9 Å². The third-order valence-electron chi connectivity index (χ3n) is 2.53. The van der Waals surface area contributed by atoms with E-state index in [0.717, 1.165) is 25.6 Å². The molecule has 72 valence electrons. The predicted molar refractivity (Wildman–Crippen MR) is 49.1 cm³/mol. The molecule has 0 aliphatic heterocycles. The van der Waals surface area contributed by atoms with Crippen LogP contribution in [0, 0.1) is 5.92 Å². The first kappa shape index (κ1) is 10.0. The molecule has 1 rings (SSSR count). The Morgan fingerprint density at radius 1 is 1.17 bits per heavy atom. The lowest BCUT2D eigenvalue weighted by atomic mass is 9.90. The van der Waals surface area contributed by atoms with Gasteiger partial charge in [-0.1, -0.05) is 19.3 Å². The average molecular weight is 172 g/mol. The molecule has 2 heteroatoms. The SMILES string of the molecule is OCCCOCC1CCCCC1. The summed E-state index contributed by atoms with van der Waals surface area (Å²) in [5, 5.41) is 8.52. The Morgan fingerprint density at radius 3 is 2.58 bits per heavy atom. The van der Waals surface area contributed by atoms with Crippen molar-refractivity contribution >= 4 is 0 Å². The average Bonchev–Trinajstić information content (AvgIpc) is 2.14. The van der Waals surface area contributed by atoms with Crippen LogP contribution in [0.5, 0.6) is 0 Å². The van der Waals surface area contributed by atoms with Gasteiger partial charge in [0.2, 0.25) is 0 Å². The lowest BCUT2D eigenvalue weighted by molar-refractivity contribution is 0.0747. The van der Waals surface area contributed by atoms with Crippen molar-refractivity contribution in [3.63, 3.8) is 0 Å². The van der Waals surface area contributed by atoms with Gasteiger partial charge in [-0.2, -0.15) is 0 Å².